The number of nitrogens with one attached hydrogen (secondary N) is 2. The lowest BCUT2D eigenvalue weighted by Gasteiger charge is -2.32. The number of fused-ring (bicyclic) bond motifs is 1. The second-order valence-electron chi connectivity index (χ2n) is 9.61. The summed E-state index contributed by atoms with van der Waals surface area (Å²) in [5.74, 6) is 0.411. The summed E-state index contributed by atoms with van der Waals surface area (Å²) in [6.45, 7) is 4.07. The van der Waals surface area contributed by atoms with Crippen LogP contribution < -0.4 is 16.2 Å². The highest BCUT2D eigenvalue weighted by molar-refractivity contribution is 5.82. The fourth-order valence-electron chi connectivity index (χ4n) is 4.86. The molecule has 1 fully saturated rings. The van der Waals surface area contributed by atoms with Crippen LogP contribution in [0.4, 0.5) is 0 Å². The third kappa shape index (κ3) is 7.52. The van der Waals surface area contributed by atoms with E-state index in [0.717, 1.165) is 37.4 Å². The smallest absolute Gasteiger partial charge is 0.258 e. The minimum absolute atomic E-state index is 0.0622. The number of pyridine rings is 1. The fraction of sp³-hybridized carbons (Fsp3) is 0.414. The van der Waals surface area contributed by atoms with Crippen LogP contribution in [-0.4, -0.2) is 54.0 Å². The van der Waals surface area contributed by atoms with Gasteiger partial charge in [0.05, 0.1) is 0 Å². The maximum absolute atomic E-state index is 12.5. The van der Waals surface area contributed by atoms with E-state index in [1.165, 1.54) is 29.4 Å². The Balaban J connectivity index is 1.06. The van der Waals surface area contributed by atoms with E-state index < -0.39 is 0 Å². The first-order valence-corrected chi connectivity index (χ1v) is 13.0. The SMILES string of the molecule is O=C(CCNC(=O)Cn1ccc2ccccc2c1=O)NCCCN1CCC(Cc2ccccc2)CC1. The zero-order chi connectivity index (χ0) is 25.2. The van der Waals surface area contributed by atoms with Gasteiger partial charge in [-0.15, -0.1) is 0 Å². The molecule has 2 aromatic carbocycles. The molecule has 1 saturated heterocycles. The van der Waals surface area contributed by atoms with Crippen LogP contribution in [0.5, 0.6) is 0 Å². The largest absolute Gasteiger partial charge is 0.356 e. The molecule has 2 heterocycles. The number of likely N-dealkylation sites (tertiary alicyclic amines) is 1. The minimum Gasteiger partial charge on any atom is -0.356 e. The number of aromatic nitrogens is 1. The summed E-state index contributed by atoms with van der Waals surface area (Å²) >= 11 is 0. The Bertz CT molecular complexity index is 1200. The Morgan fingerprint density at radius 2 is 1.58 bits per heavy atom. The first kappa shape index (κ1) is 25.6. The van der Waals surface area contributed by atoms with Crippen molar-refractivity contribution in [2.75, 3.05) is 32.7 Å². The number of benzene rings is 2. The van der Waals surface area contributed by atoms with Gasteiger partial charge in [0.1, 0.15) is 6.54 Å². The number of carbonyl (C=O) groups is 2. The second kappa shape index (κ2) is 13.0. The summed E-state index contributed by atoms with van der Waals surface area (Å²) in [6.07, 6.45) is 6.40. The highest BCUT2D eigenvalue weighted by Crippen LogP contribution is 2.21. The topological polar surface area (TPSA) is 83.4 Å². The summed E-state index contributed by atoms with van der Waals surface area (Å²) in [4.78, 5) is 39.4. The van der Waals surface area contributed by atoms with Crippen molar-refractivity contribution in [3.63, 3.8) is 0 Å². The van der Waals surface area contributed by atoms with E-state index in [4.69, 9.17) is 0 Å². The van der Waals surface area contributed by atoms with Gasteiger partial charge < -0.3 is 20.1 Å². The van der Waals surface area contributed by atoms with Crippen molar-refractivity contribution >= 4 is 22.6 Å². The summed E-state index contributed by atoms with van der Waals surface area (Å²) in [6, 6.07) is 19.9. The first-order valence-electron chi connectivity index (χ1n) is 13.0. The molecule has 2 amide bonds. The lowest BCUT2D eigenvalue weighted by Crippen LogP contribution is -2.37. The molecule has 1 aliphatic heterocycles. The predicted molar refractivity (Wildman–Crippen MR) is 143 cm³/mol. The standard InChI is InChI=1S/C29H36N4O3/c34-27(11-16-31-28(35)22-33-20-14-25-9-4-5-10-26(25)29(33)36)30-15-6-17-32-18-12-24(13-19-32)21-23-7-2-1-3-8-23/h1-5,7-10,14,20,24H,6,11-13,15-19,21-22H2,(H,30,34)(H,31,35). The Kier molecular flexibility index (Phi) is 9.27. The summed E-state index contributed by atoms with van der Waals surface area (Å²) in [5, 5.41) is 7.11. The number of carbonyl (C=O) groups excluding carboxylic acids is 2. The Labute approximate surface area is 212 Å². The molecule has 0 saturated carbocycles. The minimum atomic E-state index is -0.282. The molecule has 2 N–H and O–H groups in total. The van der Waals surface area contributed by atoms with Crippen LogP contribution in [0.2, 0.25) is 0 Å². The normalized spacial score (nSPS) is 14.6. The van der Waals surface area contributed by atoms with Crippen LogP contribution in [0.15, 0.2) is 71.7 Å². The zero-order valence-corrected chi connectivity index (χ0v) is 20.8. The maximum atomic E-state index is 12.5. The molecule has 3 aromatic rings. The molecule has 7 nitrogen and oxygen atoms in total. The van der Waals surface area contributed by atoms with Gasteiger partial charge in [-0.25, -0.2) is 0 Å². The van der Waals surface area contributed by atoms with Gasteiger partial charge in [-0.2, -0.15) is 0 Å². The second-order valence-corrected chi connectivity index (χ2v) is 9.61. The van der Waals surface area contributed by atoms with Crippen molar-refractivity contribution in [2.45, 2.75) is 38.6 Å². The summed E-state index contributed by atoms with van der Waals surface area (Å²) < 4.78 is 1.39. The van der Waals surface area contributed by atoms with Crippen LogP contribution in [0.3, 0.4) is 0 Å². The molecular formula is C29H36N4O3. The van der Waals surface area contributed by atoms with E-state index in [9.17, 15) is 14.4 Å². The van der Waals surface area contributed by atoms with Crippen LogP contribution >= 0.6 is 0 Å². The van der Waals surface area contributed by atoms with Gasteiger partial charge in [0, 0.05) is 31.1 Å². The van der Waals surface area contributed by atoms with Gasteiger partial charge >= 0.3 is 0 Å². The highest BCUT2D eigenvalue weighted by atomic mass is 16.2. The van der Waals surface area contributed by atoms with E-state index in [1.807, 2.05) is 24.3 Å². The molecule has 1 aliphatic rings. The molecule has 36 heavy (non-hydrogen) atoms. The van der Waals surface area contributed by atoms with Gasteiger partial charge in [0.2, 0.25) is 11.8 Å². The van der Waals surface area contributed by atoms with Crippen LogP contribution in [0.25, 0.3) is 10.8 Å². The maximum Gasteiger partial charge on any atom is 0.258 e. The van der Waals surface area contributed by atoms with E-state index in [1.54, 1.807) is 12.3 Å². The highest BCUT2D eigenvalue weighted by Gasteiger charge is 2.19. The number of hydrogen-bond acceptors (Lipinski definition) is 4. The van der Waals surface area contributed by atoms with Gasteiger partial charge in [-0.1, -0.05) is 48.5 Å². The Morgan fingerprint density at radius 1 is 0.861 bits per heavy atom. The van der Waals surface area contributed by atoms with Gasteiger partial charge in [-0.05, 0) is 74.3 Å². The molecule has 0 bridgehead atoms. The third-order valence-electron chi connectivity index (χ3n) is 6.92. The molecule has 4 rings (SSSR count). The van der Waals surface area contributed by atoms with E-state index >= 15 is 0 Å². The number of hydrogen-bond donors (Lipinski definition) is 2. The number of amides is 2. The van der Waals surface area contributed by atoms with Gasteiger partial charge in [0.25, 0.3) is 5.56 Å². The Hall–Kier alpha value is -3.45. The summed E-state index contributed by atoms with van der Waals surface area (Å²) in [7, 11) is 0. The predicted octanol–water partition coefficient (Wildman–Crippen LogP) is 2.97. The van der Waals surface area contributed by atoms with Crippen molar-refractivity contribution in [2.24, 2.45) is 5.92 Å². The number of piperidine rings is 1. The summed E-state index contributed by atoms with van der Waals surface area (Å²) in [5.41, 5.74) is 1.24. The van der Waals surface area contributed by atoms with Crippen LogP contribution in [-0.2, 0) is 22.6 Å². The van der Waals surface area contributed by atoms with Crippen molar-refractivity contribution in [3.05, 3.63) is 82.8 Å². The zero-order valence-electron chi connectivity index (χ0n) is 20.8. The molecule has 0 atom stereocenters. The molecule has 190 valence electrons. The molecule has 0 radical (unpaired) electrons. The average molecular weight is 489 g/mol. The van der Waals surface area contributed by atoms with E-state index in [-0.39, 0.29) is 36.9 Å². The molecular weight excluding hydrogens is 452 g/mol. The first-order chi connectivity index (χ1) is 17.6. The number of rotatable bonds is 11. The van der Waals surface area contributed by atoms with Crippen LogP contribution in [0.1, 0.15) is 31.2 Å². The quantitative estimate of drug-likeness (QED) is 0.407. The third-order valence-corrected chi connectivity index (χ3v) is 6.92. The lowest BCUT2D eigenvalue weighted by atomic mass is 9.90. The molecule has 0 spiro atoms. The fourth-order valence-corrected chi connectivity index (χ4v) is 4.86. The van der Waals surface area contributed by atoms with E-state index in [2.05, 4.69) is 45.9 Å². The monoisotopic (exact) mass is 488 g/mol. The number of nitrogens with zero attached hydrogens (tertiary/aromatic N) is 2. The van der Waals surface area contributed by atoms with Crippen molar-refractivity contribution in [1.29, 1.82) is 0 Å². The molecule has 0 unspecified atom stereocenters. The van der Waals surface area contributed by atoms with Gasteiger partial charge in [0.15, 0.2) is 0 Å². The molecule has 0 aliphatic carbocycles. The average Bonchev–Trinajstić information content (AvgIpc) is 2.90. The van der Waals surface area contributed by atoms with E-state index in [0.29, 0.717) is 11.9 Å². The molecule has 1 aromatic heterocycles. The Morgan fingerprint density at radius 3 is 2.39 bits per heavy atom. The van der Waals surface area contributed by atoms with Crippen molar-refractivity contribution in [3.8, 4) is 0 Å². The lowest BCUT2D eigenvalue weighted by molar-refractivity contribution is -0.122. The van der Waals surface area contributed by atoms with Crippen molar-refractivity contribution < 1.29 is 9.59 Å². The molecule has 7 heteroatoms. The van der Waals surface area contributed by atoms with Crippen LogP contribution in [0, 0.1) is 5.92 Å². The van der Waals surface area contributed by atoms with Gasteiger partial charge in [-0.3, -0.25) is 14.4 Å². The van der Waals surface area contributed by atoms with Crippen molar-refractivity contribution in [1.82, 2.24) is 20.1 Å².